The molecule has 0 radical (unpaired) electrons. The first-order chi connectivity index (χ1) is 8.34. The Morgan fingerprint density at radius 3 is 2.94 bits per heavy atom. The third-order valence-electron chi connectivity index (χ3n) is 3.79. The van der Waals surface area contributed by atoms with Crippen LogP contribution in [-0.2, 0) is 11.2 Å². The Hall–Kier alpha value is -1.35. The second-order valence-corrected chi connectivity index (χ2v) is 4.98. The van der Waals surface area contributed by atoms with Crippen LogP contribution in [0, 0.1) is 5.92 Å². The number of carbonyl (C=O) groups is 1. The van der Waals surface area contributed by atoms with Gasteiger partial charge in [0.15, 0.2) is 5.78 Å². The number of anilines is 1. The summed E-state index contributed by atoms with van der Waals surface area (Å²) in [5.74, 6) is 0.643. The number of aryl methyl sites for hydroxylation is 1. The van der Waals surface area contributed by atoms with E-state index in [1.54, 1.807) is 0 Å². The number of nitrogens with one attached hydrogen (secondary N) is 1. The van der Waals surface area contributed by atoms with E-state index in [0.29, 0.717) is 12.3 Å². The smallest absolute Gasteiger partial charge is 0.157 e. The number of fused-ring (bicyclic) bond motifs is 1. The minimum atomic E-state index is 0.254. The summed E-state index contributed by atoms with van der Waals surface area (Å²) >= 11 is 0. The van der Waals surface area contributed by atoms with E-state index in [-0.39, 0.29) is 5.92 Å². The molecule has 17 heavy (non-hydrogen) atoms. The summed E-state index contributed by atoms with van der Waals surface area (Å²) in [6.45, 7) is 3.34. The van der Waals surface area contributed by atoms with Gasteiger partial charge in [-0.2, -0.15) is 0 Å². The molecule has 3 rings (SSSR count). The average Bonchev–Trinajstić information content (AvgIpc) is 2.27. The summed E-state index contributed by atoms with van der Waals surface area (Å²) in [6, 6.07) is 8.46. The summed E-state index contributed by atoms with van der Waals surface area (Å²) < 4.78 is 0. The van der Waals surface area contributed by atoms with Gasteiger partial charge in [0.25, 0.3) is 0 Å². The fourth-order valence-electron chi connectivity index (χ4n) is 2.61. The van der Waals surface area contributed by atoms with Gasteiger partial charge < -0.3 is 10.2 Å². The zero-order valence-electron chi connectivity index (χ0n) is 9.98. The van der Waals surface area contributed by atoms with Crippen molar-refractivity contribution < 1.29 is 4.79 Å². The minimum absolute atomic E-state index is 0.254. The van der Waals surface area contributed by atoms with Crippen molar-refractivity contribution in [1.29, 1.82) is 0 Å². The Balaban J connectivity index is 1.73. The molecule has 1 fully saturated rings. The van der Waals surface area contributed by atoms with E-state index in [1.807, 2.05) is 0 Å². The van der Waals surface area contributed by atoms with Gasteiger partial charge in [-0.15, -0.1) is 0 Å². The van der Waals surface area contributed by atoms with Crippen LogP contribution >= 0.6 is 0 Å². The standard InChI is InChI=1S/C14H18N2O/c17-14(12-8-15-9-12)10-16-7-3-5-11-4-1-2-6-13(11)16/h1-2,4,6,12,15H,3,5,7-10H2. The van der Waals surface area contributed by atoms with E-state index in [2.05, 4.69) is 34.5 Å². The maximum Gasteiger partial charge on any atom is 0.157 e. The second-order valence-electron chi connectivity index (χ2n) is 4.98. The lowest BCUT2D eigenvalue weighted by Crippen LogP contribution is -2.50. The van der Waals surface area contributed by atoms with E-state index in [1.165, 1.54) is 11.3 Å². The molecule has 0 bridgehead atoms. The molecule has 0 spiro atoms. The van der Waals surface area contributed by atoms with Gasteiger partial charge in [0.2, 0.25) is 0 Å². The van der Waals surface area contributed by atoms with Crippen molar-refractivity contribution in [2.75, 3.05) is 31.1 Å². The summed E-state index contributed by atoms with van der Waals surface area (Å²) in [6.07, 6.45) is 2.30. The molecule has 0 saturated carbocycles. The monoisotopic (exact) mass is 230 g/mol. The lowest BCUT2D eigenvalue weighted by atomic mass is 9.96. The van der Waals surface area contributed by atoms with Crippen LogP contribution in [-0.4, -0.2) is 32.0 Å². The summed E-state index contributed by atoms with van der Waals surface area (Å²) in [4.78, 5) is 14.3. The number of para-hydroxylation sites is 1. The van der Waals surface area contributed by atoms with Crippen molar-refractivity contribution in [3.63, 3.8) is 0 Å². The normalized spacial score (nSPS) is 19.6. The van der Waals surface area contributed by atoms with Crippen LogP contribution in [0.2, 0.25) is 0 Å². The number of nitrogens with zero attached hydrogens (tertiary/aromatic N) is 1. The molecule has 0 aliphatic carbocycles. The van der Waals surface area contributed by atoms with Crippen molar-refractivity contribution in [1.82, 2.24) is 5.32 Å². The SMILES string of the molecule is O=C(CN1CCCc2ccccc21)C1CNC1. The van der Waals surface area contributed by atoms with Crippen LogP contribution in [0.5, 0.6) is 0 Å². The topological polar surface area (TPSA) is 32.3 Å². The molecule has 2 aliphatic rings. The number of rotatable bonds is 3. The Morgan fingerprint density at radius 1 is 1.35 bits per heavy atom. The van der Waals surface area contributed by atoms with Crippen LogP contribution in [0.1, 0.15) is 12.0 Å². The molecule has 1 aromatic carbocycles. The predicted molar refractivity (Wildman–Crippen MR) is 68.3 cm³/mol. The molecule has 2 aliphatic heterocycles. The molecule has 1 aromatic rings. The lowest BCUT2D eigenvalue weighted by Gasteiger charge is -2.33. The Kier molecular flexibility index (Phi) is 2.85. The van der Waals surface area contributed by atoms with E-state index in [4.69, 9.17) is 0 Å². The highest BCUT2D eigenvalue weighted by atomic mass is 16.1. The minimum Gasteiger partial charge on any atom is -0.364 e. The van der Waals surface area contributed by atoms with E-state index in [9.17, 15) is 4.79 Å². The maximum atomic E-state index is 12.0. The van der Waals surface area contributed by atoms with Gasteiger partial charge in [0, 0.05) is 31.2 Å². The van der Waals surface area contributed by atoms with Crippen LogP contribution in [0.15, 0.2) is 24.3 Å². The van der Waals surface area contributed by atoms with Gasteiger partial charge in [-0.1, -0.05) is 18.2 Å². The first kappa shape index (κ1) is 10.8. The molecule has 0 aromatic heterocycles. The maximum absolute atomic E-state index is 12.0. The number of hydrogen-bond acceptors (Lipinski definition) is 3. The molecule has 1 saturated heterocycles. The zero-order chi connectivity index (χ0) is 11.7. The van der Waals surface area contributed by atoms with Gasteiger partial charge >= 0.3 is 0 Å². The van der Waals surface area contributed by atoms with Gasteiger partial charge in [-0.25, -0.2) is 0 Å². The Bertz CT molecular complexity index is 426. The number of Topliss-reactive ketones (excluding diaryl/α,β-unsaturated/α-hetero) is 1. The van der Waals surface area contributed by atoms with Crippen LogP contribution in [0.25, 0.3) is 0 Å². The highest BCUT2D eigenvalue weighted by molar-refractivity contribution is 5.87. The number of carbonyl (C=O) groups excluding carboxylic acids is 1. The van der Waals surface area contributed by atoms with Crippen molar-refractivity contribution in [2.24, 2.45) is 5.92 Å². The number of benzene rings is 1. The molecule has 90 valence electrons. The molecule has 0 amide bonds. The molecule has 3 heteroatoms. The summed E-state index contributed by atoms with van der Waals surface area (Å²) in [5, 5.41) is 3.16. The van der Waals surface area contributed by atoms with Gasteiger partial charge in [0.1, 0.15) is 0 Å². The van der Waals surface area contributed by atoms with Crippen LogP contribution in [0.3, 0.4) is 0 Å². The lowest BCUT2D eigenvalue weighted by molar-refractivity contribution is -0.122. The highest BCUT2D eigenvalue weighted by Crippen LogP contribution is 2.26. The summed E-state index contributed by atoms with van der Waals surface area (Å²) in [7, 11) is 0. The van der Waals surface area contributed by atoms with Crippen molar-refractivity contribution >= 4 is 11.5 Å². The highest BCUT2D eigenvalue weighted by Gasteiger charge is 2.27. The van der Waals surface area contributed by atoms with Crippen molar-refractivity contribution in [3.8, 4) is 0 Å². The van der Waals surface area contributed by atoms with E-state index >= 15 is 0 Å². The third-order valence-corrected chi connectivity index (χ3v) is 3.79. The zero-order valence-corrected chi connectivity index (χ0v) is 9.98. The molecule has 3 nitrogen and oxygen atoms in total. The average molecular weight is 230 g/mol. The predicted octanol–water partition coefficient (Wildman–Crippen LogP) is 1.23. The molecular formula is C14H18N2O. The molecule has 1 N–H and O–H groups in total. The first-order valence-electron chi connectivity index (χ1n) is 6.41. The summed E-state index contributed by atoms with van der Waals surface area (Å²) in [5.41, 5.74) is 2.65. The number of ketones is 1. The van der Waals surface area contributed by atoms with E-state index < -0.39 is 0 Å². The van der Waals surface area contributed by atoms with Gasteiger partial charge in [0.05, 0.1) is 6.54 Å². The van der Waals surface area contributed by atoms with E-state index in [0.717, 1.165) is 32.5 Å². The largest absolute Gasteiger partial charge is 0.364 e. The second kappa shape index (κ2) is 4.49. The first-order valence-corrected chi connectivity index (χ1v) is 6.41. The Labute approximate surface area is 102 Å². The molecule has 2 heterocycles. The fraction of sp³-hybridized carbons (Fsp3) is 0.500. The van der Waals surface area contributed by atoms with Gasteiger partial charge in [-0.3, -0.25) is 4.79 Å². The third kappa shape index (κ3) is 2.07. The quantitative estimate of drug-likeness (QED) is 0.847. The Morgan fingerprint density at radius 2 is 2.18 bits per heavy atom. The molecule has 0 atom stereocenters. The molecular weight excluding hydrogens is 212 g/mol. The van der Waals surface area contributed by atoms with Crippen LogP contribution < -0.4 is 10.2 Å². The fourth-order valence-corrected chi connectivity index (χ4v) is 2.61. The number of hydrogen-bond donors (Lipinski definition) is 1. The molecule has 0 unspecified atom stereocenters. The van der Waals surface area contributed by atoms with Crippen molar-refractivity contribution in [2.45, 2.75) is 12.8 Å². The van der Waals surface area contributed by atoms with Crippen molar-refractivity contribution in [3.05, 3.63) is 29.8 Å². The van der Waals surface area contributed by atoms with Gasteiger partial charge in [-0.05, 0) is 24.5 Å². The van der Waals surface area contributed by atoms with Crippen LogP contribution in [0.4, 0.5) is 5.69 Å².